The molecule has 3 rings (SSSR count). The fraction of sp³-hybridized carbons (Fsp3) is 0.100. The van der Waals surface area contributed by atoms with E-state index in [1.807, 2.05) is 36.4 Å². The van der Waals surface area contributed by atoms with Crippen LogP contribution in [-0.2, 0) is 15.2 Å². The second kappa shape index (κ2) is 6.64. The molecule has 2 N–H and O–H groups in total. The molecule has 1 heterocycles. The Morgan fingerprint density at radius 1 is 1.04 bits per heavy atom. The van der Waals surface area contributed by atoms with E-state index in [2.05, 4.69) is 5.32 Å². The molecule has 0 bridgehead atoms. The van der Waals surface area contributed by atoms with Crippen molar-refractivity contribution >= 4 is 23.5 Å². The normalized spacial score (nSPS) is 19.6. The largest absolute Gasteiger partial charge is 0.375 e. The van der Waals surface area contributed by atoms with Crippen LogP contribution in [0.15, 0.2) is 72.8 Å². The molecule has 1 amide bonds. The Morgan fingerprint density at radius 2 is 1.75 bits per heavy atom. The van der Waals surface area contributed by atoms with Crippen molar-refractivity contribution in [1.82, 2.24) is 0 Å². The van der Waals surface area contributed by atoms with Gasteiger partial charge in [-0.25, -0.2) is 0 Å². The molecule has 0 saturated heterocycles. The lowest BCUT2D eigenvalue weighted by Gasteiger charge is -2.18. The van der Waals surface area contributed by atoms with E-state index in [1.54, 1.807) is 36.4 Å². The van der Waals surface area contributed by atoms with Crippen LogP contribution in [0.2, 0.25) is 0 Å². The lowest BCUT2D eigenvalue weighted by Crippen LogP contribution is -2.36. The maximum absolute atomic E-state index is 12.1. The number of benzene rings is 2. The Labute approximate surface area is 140 Å². The van der Waals surface area contributed by atoms with E-state index in [-0.39, 0.29) is 12.2 Å². The van der Waals surface area contributed by atoms with Gasteiger partial charge in [-0.3, -0.25) is 9.59 Å². The van der Waals surface area contributed by atoms with Gasteiger partial charge in [-0.05, 0) is 17.7 Å². The zero-order valence-electron chi connectivity index (χ0n) is 13.0. The van der Waals surface area contributed by atoms with E-state index in [9.17, 15) is 14.7 Å². The monoisotopic (exact) mass is 319 g/mol. The molecule has 4 heteroatoms. The maximum Gasteiger partial charge on any atom is 0.261 e. The predicted octanol–water partition coefficient (Wildman–Crippen LogP) is 3.06. The first-order valence-electron chi connectivity index (χ1n) is 7.65. The molecule has 0 aliphatic carbocycles. The zero-order valence-corrected chi connectivity index (χ0v) is 13.0. The highest BCUT2D eigenvalue weighted by atomic mass is 16.3. The van der Waals surface area contributed by atoms with Crippen molar-refractivity contribution in [2.24, 2.45) is 0 Å². The van der Waals surface area contributed by atoms with Crippen LogP contribution < -0.4 is 5.32 Å². The zero-order chi connectivity index (χ0) is 17.0. The number of carbonyl (C=O) groups excluding carboxylic acids is 2. The van der Waals surface area contributed by atoms with Gasteiger partial charge in [0, 0.05) is 11.3 Å². The van der Waals surface area contributed by atoms with Gasteiger partial charge in [0.05, 0.1) is 6.42 Å². The molecule has 0 saturated carbocycles. The van der Waals surface area contributed by atoms with Crippen LogP contribution in [0.1, 0.15) is 17.5 Å². The van der Waals surface area contributed by atoms with Crippen molar-refractivity contribution < 1.29 is 14.7 Å². The van der Waals surface area contributed by atoms with E-state index >= 15 is 0 Å². The van der Waals surface area contributed by atoms with Gasteiger partial charge in [-0.2, -0.15) is 0 Å². The summed E-state index contributed by atoms with van der Waals surface area (Å²) >= 11 is 0. The third kappa shape index (κ3) is 3.19. The number of fused-ring (bicyclic) bond motifs is 1. The summed E-state index contributed by atoms with van der Waals surface area (Å²) in [5.74, 6) is -0.882. The number of carbonyl (C=O) groups is 2. The minimum absolute atomic E-state index is 0.286. The highest BCUT2D eigenvalue weighted by Crippen LogP contribution is 2.38. The number of hydrogen-bond acceptors (Lipinski definition) is 3. The quantitative estimate of drug-likeness (QED) is 0.657. The highest BCUT2D eigenvalue weighted by Gasteiger charge is 2.46. The minimum Gasteiger partial charge on any atom is -0.375 e. The SMILES string of the molecule is O=C(C=CC=Cc1ccccc1)C[C@]1(O)C(=O)Nc2ccccc21. The van der Waals surface area contributed by atoms with Gasteiger partial charge in [-0.15, -0.1) is 0 Å². The maximum atomic E-state index is 12.1. The summed E-state index contributed by atoms with van der Waals surface area (Å²) in [7, 11) is 0. The van der Waals surface area contributed by atoms with Crippen LogP contribution in [0.25, 0.3) is 6.08 Å². The summed E-state index contributed by atoms with van der Waals surface area (Å²) in [6.07, 6.45) is 6.31. The number of amides is 1. The molecule has 2 aromatic carbocycles. The molecule has 24 heavy (non-hydrogen) atoms. The molecular formula is C20H17NO3. The lowest BCUT2D eigenvalue weighted by molar-refractivity contribution is -0.138. The van der Waals surface area contributed by atoms with Crippen LogP contribution in [0.3, 0.4) is 0 Å². The fourth-order valence-electron chi connectivity index (χ4n) is 2.68. The number of para-hydroxylation sites is 1. The Morgan fingerprint density at radius 3 is 2.54 bits per heavy atom. The second-order valence-corrected chi connectivity index (χ2v) is 5.63. The van der Waals surface area contributed by atoms with Gasteiger partial charge in [0.25, 0.3) is 5.91 Å². The van der Waals surface area contributed by atoms with Crippen molar-refractivity contribution in [1.29, 1.82) is 0 Å². The van der Waals surface area contributed by atoms with Gasteiger partial charge >= 0.3 is 0 Å². The van der Waals surface area contributed by atoms with Gasteiger partial charge < -0.3 is 10.4 Å². The molecule has 4 nitrogen and oxygen atoms in total. The molecule has 120 valence electrons. The number of rotatable bonds is 5. The molecule has 1 atom stereocenters. The van der Waals surface area contributed by atoms with Crippen molar-refractivity contribution in [2.45, 2.75) is 12.0 Å². The smallest absolute Gasteiger partial charge is 0.261 e. The summed E-state index contributed by atoms with van der Waals surface area (Å²) in [5.41, 5.74) is 0.209. The highest BCUT2D eigenvalue weighted by molar-refractivity contribution is 6.08. The summed E-state index contributed by atoms with van der Waals surface area (Å²) in [6.45, 7) is 0. The van der Waals surface area contributed by atoms with Crippen LogP contribution in [-0.4, -0.2) is 16.8 Å². The first kappa shape index (κ1) is 15.9. The topological polar surface area (TPSA) is 66.4 Å². The second-order valence-electron chi connectivity index (χ2n) is 5.63. The molecule has 0 aromatic heterocycles. The third-order valence-electron chi connectivity index (χ3n) is 3.91. The van der Waals surface area contributed by atoms with Gasteiger partial charge in [0.15, 0.2) is 11.4 Å². The standard InChI is InChI=1S/C20H17NO3/c22-16(11-5-4-10-15-8-2-1-3-9-15)14-20(24)17-12-6-7-13-18(17)21-19(20)23/h1-13,24H,14H2,(H,21,23)/t20-/m1/s1. The van der Waals surface area contributed by atoms with Gasteiger partial charge in [0.1, 0.15) is 0 Å². The number of allylic oxidation sites excluding steroid dienone is 3. The Hall–Kier alpha value is -2.98. The molecule has 0 fully saturated rings. The van der Waals surface area contributed by atoms with E-state index in [0.29, 0.717) is 11.3 Å². The summed E-state index contributed by atoms with van der Waals surface area (Å²) in [5, 5.41) is 13.2. The summed E-state index contributed by atoms with van der Waals surface area (Å²) in [6, 6.07) is 16.5. The molecule has 0 unspecified atom stereocenters. The van der Waals surface area contributed by atoms with E-state index in [4.69, 9.17) is 0 Å². The average molecular weight is 319 g/mol. The predicted molar refractivity (Wildman–Crippen MR) is 93.2 cm³/mol. The average Bonchev–Trinajstić information content (AvgIpc) is 2.84. The van der Waals surface area contributed by atoms with Gasteiger partial charge in [-0.1, -0.05) is 66.8 Å². The molecule has 2 aromatic rings. The number of anilines is 1. The first-order chi connectivity index (χ1) is 11.6. The van der Waals surface area contributed by atoms with E-state index < -0.39 is 11.5 Å². The number of nitrogens with one attached hydrogen (secondary N) is 1. The van der Waals surface area contributed by atoms with Crippen molar-refractivity contribution in [3.05, 3.63) is 84.0 Å². The van der Waals surface area contributed by atoms with Crippen molar-refractivity contribution in [2.75, 3.05) is 5.32 Å². The van der Waals surface area contributed by atoms with Crippen molar-refractivity contribution in [3.8, 4) is 0 Å². The van der Waals surface area contributed by atoms with Crippen LogP contribution in [0.5, 0.6) is 0 Å². The third-order valence-corrected chi connectivity index (χ3v) is 3.91. The Bertz CT molecular complexity index is 824. The lowest BCUT2D eigenvalue weighted by atomic mass is 9.90. The molecule has 1 aliphatic rings. The Kier molecular flexibility index (Phi) is 4.40. The van der Waals surface area contributed by atoms with Crippen LogP contribution in [0.4, 0.5) is 5.69 Å². The number of ketones is 1. The Balaban J connectivity index is 1.68. The molecule has 0 spiro atoms. The van der Waals surface area contributed by atoms with Crippen LogP contribution >= 0.6 is 0 Å². The van der Waals surface area contributed by atoms with E-state index in [0.717, 1.165) is 5.56 Å². The first-order valence-corrected chi connectivity index (χ1v) is 7.65. The molecule has 0 radical (unpaired) electrons. The van der Waals surface area contributed by atoms with Gasteiger partial charge in [0.2, 0.25) is 0 Å². The molecular weight excluding hydrogens is 302 g/mol. The number of aliphatic hydroxyl groups is 1. The minimum atomic E-state index is -1.80. The van der Waals surface area contributed by atoms with E-state index in [1.165, 1.54) is 6.08 Å². The summed E-state index contributed by atoms with van der Waals surface area (Å²) in [4.78, 5) is 24.2. The van der Waals surface area contributed by atoms with Crippen molar-refractivity contribution in [3.63, 3.8) is 0 Å². The number of hydrogen-bond donors (Lipinski definition) is 2. The molecule has 1 aliphatic heterocycles. The summed E-state index contributed by atoms with van der Waals surface area (Å²) < 4.78 is 0. The fourth-order valence-corrected chi connectivity index (χ4v) is 2.68. The van der Waals surface area contributed by atoms with Crippen LogP contribution in [0, 0.1) is 0 Å².